The topological polar surface area (TPSA) is 0 Å². The van der Waals surface area contributed by atoms with Gasteiger partial charge in [0.1, 0.15) is 0 Å². The molecule has 0 aromatic carbocycles. The van der Waals surface area contributed by atoms with Crippen molar-refractivity contribution in [3.63, 3.8) is 0 Å². The van der Waals surface area contributed by atoms with E-state index in [1.165, 1.54) is 77.0 Å². The molecule has 0 aromatic rings. The van der Waals surface area contributed by atoms with Crippen LogP contribution in [0.4, 0.5) is 0 Å². The molecule has 0 unspecified atom stereocenters. The van der Waals surface area contributed by atoms with Gasteiger partial charge in [0.25, 0.3) is 0 Å². The second-order valence-corrected chi connectivity index (χ2v) is 11.3. The molecule has 0 atom stereocenters. The van der Waals surface area contributed by atoms with E-state index in [0.717, 1.165) is 0 Å². The first kappa shape index (κ1) is 22.1. The van der Waals surface area contributed by atoms with Crippen LogP contribution in [-0.2, 0) is 0 Å². The monoisotopic (exact) mass is 468 g/mol. The molecule has 0 radical (unpaired) electrons. The molecule has 0 fully saturated rings. The van der Waals surface area contributed by atoms with Crippen LogP contribution in [0.5, 0.6) is 0 Å². The minimum atomic E-state index is 1.19. The van der Waals surface area contributed by atoms with E-state index >= 15 is 0 Å². The Morgan fingerprint density at radius 2 is 0.250 bits per heavy atom. The smallest absolute Gasteiger partial charge is 0.0235 e. The largest absolute Gasteiger partial charge is 0.0585 e. The van der Waals surface area contributed by atoms with E-state index in [0.29, 0.717) is 0 Å². The third kappa shape index (κ3) is 4.21. The van der Waals surface area contributed by atoms with Crippen molar-refractivity contribution in [3.8, 4) is 0 Å². The highest BCUT2D eigenvalue weighted by molar-refractivity contribution is 5.53. The van der Waals surface area contributed by atoms with Crippen molar-refractivity contribution in [1.82, 2.24) is 0 Å². The Bertz CT molecular complexity index is 1010. The van der Waals surface area contributed by atoms with Crippen LogP contribution in [0.2, 0.25) is 0 Å². The molecule has 0 saturated heterocycles. The summed E-state index contributed by atoms with van der Waals surface area (Å²) in [6.45, 7) is 0. The summed E-state index contributed by atoms with van der Waals surface area (Å²) in [5, 5.41) is 0. The second-order valence-electron chi connectivity index (χ2n) is 11.3. The first-order valence-electron chi connectivity index (χ1n) is 14.2. The summed E-state index contributed by atoms with van der Waals surface area (Å²) >= 11 is 0. The lowest BCUT2D eigenvalue weighted by Crippen LogP contribution is -2.05. The molecular weight excluding hydrogens is 432 g/mol. The minimum Gasteiger partial charge on any atom is -0.0585 e. The molecule has 22 aliphatic carbocycles. The predicted octanol–water partition coefficient (Wildman–Crippen LogP) is 9.88. The lowest BCUT2D eigenvalue weighted by Gasteiger charge is -2.24. The third-order valence-electron chi connectivity index (χ3n) is 9.37. The summed E-state index contributed by atoms with van der Waals surface area (Å²) in [6, 6.07) is 0. The molecule has 12 bridgehead atoms. The van der Waals surface area contributed by atoms with E-state index in [4.69, 9.17) is 0 Å². The van der Waals surface area contributed by atoms with Crippen molar-refractivity contribution in [2.45, 2.75) is 77.0 Å². The molecule has 180 valence electrons. The molecule has 0 nitrogen and oxygen atoms in total. The van der Waals surface area contributed by atoms with Gasteiger partial charge in [-0.3, -0.25) is 0 Å². The van der Waals surface area contributed by atoms with Crippen LogP contribution >= 0.6 is 0 Å². The van der Waals surface area contributed by atoms with Crippen molar-refractivity contribution >= 4 is 0 Å². The van der Waals surface area contributed by atoms with Crippen LogP contribution < -0.4 is 0 Å². The first-order valence-corrected chi connectivity index (χ1v) is 14.2. The number of hydrogen-bond acceptors (Lipinski definition) is 0. The molecule has 0 N–H and O–H groups in total. The standard InChI is InChI=1S/C36H36/c1-2-26-4-3-25(1)27-5-7-29(8-6-27)31-13-15-33(16-14-31)35-21-23-36(24-22-35)34-19-17-32(18-20-34)30-11-9-28(26)10-12-30/h1-2,5,7,9,11,13,15,17,19,21,23H,3-4,6,8,10,12,14,16,18,20,22,24H2. The highest BCUT2D eigenvalue weighted by Gasteiger charge is 2.20. The summed E-state index contributed by atoms with van der Waals surface area (Å²) in [5.74, 6) is 0. The van der Waals surface area contributed by atoms with Crippen LogP contribution in [0.15, 0.2) is 140 Å². The van der Waals surface area contributed by atoms with Gasteiger partial charge in [-0.15, -0.1) is 0 Å². The predicted molar refractivity (Wildman–Crippen MR) is 152 cm³/mol. The lowest BCUT2D eigenvalue weighted by molar-refractivity contribution is 0.826. The fourth-order valence-electron chi connectivity index (χ4n) is 7.03. The van der Waals surface area contributed by atoms with Gasteiger partial charge in [-0.2, -0.15) is 0 Å². The van der Waals surface area contributed by atoms with Gasteiger partial charge in [0, 0.05) is 0 Å². The van der Waals surface area contributed by atoms with Gasteiger partial charge < -0.3 is 0 Å². The second kappa shape index (κ2) is 9.40. The Labute approximate surface area is 216 Å². The summed E-state index contributed by atoms with van der Waals surface area (Å²) in [7, 11) is 0. The molecule has 0 heteroatoms. The van der Waals surface area contributed by atoms with Crippen LogP contribution in [0, 0.1) is 0 Å². The first-order chi connectivity index (χ1) is 17.8. The van der Waals surface area contributed by atoms with Gasteiger partial charge in [-0.1, -0.05) is 72.9 Å². The Kier molecular flexibility index (Phi) is 5.77. The Morgan fingerprint density at radius 3 is 0.306 bits per heavy atom. The van der Waals surface area contributed by atoms with Crippen LogP contribution in [0.3, 0.4) is 0 Å². The summed E-state index contributed by atoms with van der Waals surface area (Å²) < 4.78 is 0. The maximum atomic E-state index is 2.42. The maximum Gasteiger partial charge on any atom is -0.0235 e. The van der Waals surface area contributed by atoms with Gasteiger partial charge in [-0.05, 0) is 144 Å². The molecule has 22 aliphatic rings. The van der Waals surface area contributed by atoms with Crippen molar-refractivity contribution in [2.24, 2.45) is 0 Å². The van der Waals surface area contributed by atoms with E-state index in [1.807, 2.05) is 0 Å². The van der Waals surface area contributed by atoms with Crippen molar-refractivity contribution in [2.75, 3.05) is 0 Å². The Morgan fingerprint density at radius 1 is 0.167 bits per heavy atom. The SMILES string of the molecule is C1=CC2=C3C=CC(=C4C=CC(=C5C=CC(=C6C=CC(=C7C=CC(=C1CC2)CC7)CC6)CC5)CC4)CC3. The average Bonchev–Trinajstić information content (AvgIpc) is 2.97. The minimum absolute atomic E-state index is 1.19. The van der Waals surface area contributed by atoms with Gasteiger partial charge in [0.05, 0.1) is 0 Å². The summed E-state index contributed by atoms with van der Waals surface area (Å²) in [6.07, 6.45) is 43.3. The zero-order valence-electron chi connectivity index (χ0n) is 21.4. The summed E-state index contributed by atoms with van der Waals surface area (Å²) in [5.41, 5.74) is 18.7. The molecule has 0 spiro atoms. The quantitative estimate of drug-likeness (QED) is 0.332. The Balaban J connectivity index is 1.31. The van der Waals surface area contributed by atoms with Gasteiger partial charge >= 0.3 is 0 Å². The van der Waals surface area contributed by atoms with E-state index in [1.54, 1.807) is 66.9 Å². The zero-order valence-corrected chi connectivity index (χ0v) is 21.4. The molecule has 0 heterocycles. The Hall–Kier alpha value is -3.12. The van der Waals surface area contributed by atoms with Gasteiger partial charge in [0.15, 0.2) is 0 Å². The summed E-state index contributed by atoms with van der Waals surface area (Å²) in [4.78, 5) is 0. The van der Waals surface area contributed by atoms with E-state index in [2.05, 4.69) is 72.9 Å². The van der Waals surface area contributed by atoms with Crippen LogP contribution in [0.25, 0.3) is 0 Å². The average molecular weight is 469 g/mol. The fraction of sp³-hybridized carbons (Fsp3) is 0.333. The molecular formula is C36H36. The van der Waals surface area contributed by atoms with Crippen molar-refractivity contribution < 1.29 is 0 Å². The maximum absolute atomic E-state index is 2.42. The molecule has 0 amide bonds. The van der Waals surface area contributed by atoms with Crippen LogP contribution in [0.1, 0.15) is 77.0 Å². The fourth-order valence-corrected chi connectivity index (χ4v) is 7.03. The third-order valence-corrected chi connectivity index (χ3v) is 9.37. The lowest BCUT2D eigenvalue weighted by atomic mass is 9.81. The molecule has 36 heavy (non-hydrogen) atoms. The number of rotatable bonds is 0. The molecule has 0 aliphatic heterocycles. The van der Waals surface area contributed by atoms with E-state index < -0.39 is 0 Å². The van der Waals surface area contributed by atoms with E-state index in [-0.39, 0.29) is 0 Å². The van der Waals surface area contributed by atoms with E-state index in [9.17, 15) is 0 Å². The molecule has 0 saturated carbocycles. The normalized spacial score (nSPS) is 25.3. The van der Waals surface area contributed by atoms with Gasteiger partial charge in [-0.25, -0.2) is 0 Å². The van der Waals surface area contributed by atoms with Gasteiger partial charge in [0.2, 0.25) is 0 Å². The molecule has 0 aromatic heterocycles. The van der Waals surface area contributed by atoms with Crippen LogP contribution in [-0.4, -0.2) is 0 Å². The number of allylic oxidation sites excluding steroid dienone is 24. The van der Waals surface area contributed by atoms with Crippen molar-refractivity contribution in [3.05, 3.63) is 140 Å². The highest BCUT2D eigenvalue weighted by atomic mass is 14.2. The van der Waals surface area contributed by atoms with Crippen molar-refractivity contribution in [1.29, 1.82) is 0 Å². The highest BCUT2D eigenvalue weighted by Crippen LogP contribution is 2.39. The molecule has 22 rings (SSSR count). The number of hydrogen-bond donors (Lipinski definition) is 0. The zero-order chi connectivity index (χ0) is 23.9.